The van der Waals surface area contributed by atoms with E-state index in [0.717, 1.165) is 52.9 Å². The Kier molecular flexibility index (Phi) is 4.97. The zero-order valence-corrected chi connectivity index (χ0v) is 17.8. The number of rotatable bonds is 4. The lowest BCUT2D eigenvalue weighted by Gasteiger charge is -2.26. The second-order valence-corrected chi connectivity index (χ2v) is 9.15. The highest BCUT2D eigenvalue weighted by Gasteiger charge is 2.19. The van der Waals surface area contributed by atoms with Crippen molar-refractivity contribution in [1.29, 1.82) is 0 Å². The molecule has 0 N–H and O–H groups in total. The molecule has 0 aliphatic carbocycles. The van der Waals surface area contributed by atoms with Crippen LogP contribution in [0.15, 0.2) is 41.1 Å². The van der Waals surface area contributed by atoms with Crippen LogP contribution in [0.3, 0.4) is 0 Å². The predicted octanol–water partition coefficient (Wildman–Crippen LogP) is 4.42. The molecule has 0 bridgehead atoms. The Morgan fingerprint density at radius 1 is 1.14 bits per heavy atom. The molecule has 0 radical (unpaired) electrons. The Balaban J connectivity index is 1.46. The summed E-state index contributed by atoms with van der Waals surface area (Å²) in [6.45, 7) is 3.83. The molecule has 1 saturated heterocycles. The third kappa shape index (κ3) is 3.51. The van der Waals surface area contributed by atoms with E-state index in [1.807, 2.05) is 9.30 Å². The summed E-state index contributed by atoms with van der Waals surface area (Å²) in [6.07, 6.45) is 5.19. The summed E-state index contributed by atoms with van der Waals surface area (Å²) < 4.78 is 1.90. The van der Waals surface area contributed by atoms with Gasteiger partial charge in [0.25, 0.3) is 0 Å². The van der Waals surface area contributed by atoms with Crippen LogP contribution < -0.4 is 0 Å². The highest BCUT2D eigenvalue weighted by atomic mass is 32.2. The van der Waals surface area contributed by atoms with Crippen molar-refractivity contribution in [3.63, 3.8) is 0 Å². The minimum Gasteiger partial charge on any atom is -0.342 e. The Bertz CT molecular complexity index is 1180. The molecule has 6 nitrogen and oxygen atoms in total. The number of carbonyl (C=O) groups excluding carboxylic acids is 1. The molecule has 0 unspecified atom stereocenters. The van der Waals surface area contributed by atoms with E-state index in [0.29, 0.717) is 10.9 Å². The molecule has 0 spiro atoms. The maximum atomic E-state index is 12.5. The van der Waals surface area contributed by atoms with E-state index >= 15 is 0 Å². The molecule has 1 fully saturated rings. The van der Waals surface area contributed by atoms with Crippen LogP contribution in [0.1, 0.15) is 24.8 Å². The molecule has 4 aromatic rings. The molecule has 1 amide bonds. The Labute approximate surface area is 177 Å². The largest absolute Gasteiger partial charge is 0.342 e. The molecular weight excluding hydrogens is 402 g/mol. The number of benzene rings is 1. The fourth-order valence-corrected chi connectivity index (χ4v) is 5.44. The van der Waals surface area contributed by atoms with E-state index in [1.165, 1.54) is 23.7 Å². The molecule has 1 aliphatic rings. The number of aryl methyl sites for hydroxylation is 1. The van der Waals surface area contributed by atoms with Crippen LogP contribution in [0.25, 0.3) is 27.0 Å². The Hall–Kier alpha value is -2.45. The molecule has 1 aromatic carbocycles. The summed E-state index contributed by atoms with van der Waals surface area (Å²) in [4.78, 5) is 20.0. The molecule has 29 heavy (non-hydrogen) atoms. The highest BCUT2D eigenvalue weighted by Crippen LogP contribution is 2.35. The number of hydrogen-bond donors (Lipinski definition) is 0. The summed E-state index contributed by atoms with van der Waals surface area (Å²) in [7, 11) is 0. The van der Waals surface area contributed by atoms with E-state index in [1.54, 1.807) is 17.7 Å². The minimum atomic E-state index is 0.177. The summed E-state index contributed by atoms with van der Waals surface area (Å²) in [6, 6.07) is 8.49. The lowest BCUT2D eigenvalue weighted by molar-refractivity contribution is -0.129. The van der Waals surface area contributed by atoms with Crippen molar-refractivity contribution in [2.24, 2.45) is 0 Å². The number of hydrogen-bond acceptors (Lipinski definition) is 6. The SMILES string of the molecule is Cc1ccc(-c2csc3ncn4c(SCC(=O)N5CCCCC5)nnc4c23)cc1. The predicted molar refractivity (Wildman–Crippen MR) is 117 cm³/mol. The first-order valence-corrected chi connectivity index (χ1v) is 11.7. The van der Waals surface area contributed by atoms with Crippen molar-refractivity contribution < 1.29 is 4.79 Å². The fraction of sp³-hybridized carbons (Fsp3) is 0.333. The van der Waals surface area contributed by atoms with Gasteiger partial charge in [-0.25, -0.2) is 4.98 Å². The van der Waals surface area contributed by atoms with Crippen molar-refractivity contribution in [1.82, 2.24) is 24.5 Å². The van der Waals surface area contributed by atoms with Gasteiger partial charge < -0.3 is 4.90 Å². The lowest BCUT2D eigenvalue weighted by atomic mass is 10.0. The number of thioether (sulfide) groups is 1. The van der Waals surface area contributed by atoms with Gasteiger partial charge in [0, 0.05) is 24.0 Å². The second-order valence-electron chi connectivity index (χ2n) is 7.35. The average molecular weight is 424 g/mol. The van der Waals surface area contributed by atoms with E-state index in [9.17, 15) is 4.79 Å². The lowest BCUT2D eigenvalue weighted by Crippen LogP contribution is -2.36. The van der Waals surface area contributed by atoms with Crippen molar-refractivity contribution in [3.8, 4) is 11.1 Å². The van der Waals surface area contributed by atoms with Crippen LogP contribution in [-0.4, -0.2) is 49.2 Å². The maximum Gasteiger partial charge on any atom is 0.233 e. The molecule has 4 heterocycles. The van der Waals surface area contributed by atoms with Crippen LogP contribution in [0.4, 0.5) is 0 Å². The van der Waals surface area contributed by atoms with Gasteiger partial charge in [-0.05, 0) is 31.7 Å². The van der Waals surface area contributed by atoms with Crippen LogP contribution in [0.2, 0.25) is 0 Å². The molecule has 148 valence electrons. The smallest absolute Gasteiger partial charge is 0.233 e. The van der Waals surface area contributed by atoms with Crippen LogP contribution in [0.5, 0.6) is 0 Å². The topological polar surface area (TPSA) is 63.4 Å². The summed E-state index contributed by atoms with van der Waals surface area (Å²) >= 11 is 3.05. The van der Waals surface area contributed by atoms with Gasteiger partial charge in [-0.15, -0.1) is 21.5 Å². The van der Waals surface area contributed by atoms with Gasteiger partial charge in [0.1, 0.15) is 11.2 Å². The third-order valence-electron chi connectivity index (χ3n) is 5.35. The monoisotopic (exact) mass is 423 g/mol. The van der Waals surface area contributed by atoms with Crippen molar-refractivity contribution >= 4 is 44.9 Å². The molecule has 0 atom stereocenters. The first-order valence-electron chi connectivity index (χ1n) is 9.79. The molecule has 8 heteroatoms. The van der Waals surface area contributed by atoms with Crippen LogP contribution in [-0.2, 0) is 4.79 Å². The summed E-state index contributed by atoms with van der Waals surface area (Å²) in [5.74, 6) is 0.559. The number of likely N-dealkylation sites (tertiary alicyclic amines) is 1. The second kappa shape index (κ2) is 7.76. The van der Waals surface area contributed by atoms with Crippen molar-refractivity contribution in [3.05, 3.63) is 41.5 Å². The molecule has 3 aromatic heterocycles. The summed E-state index contributed by atoms with van der Waals surface area (Å²) in [5, 5.41) is 12.7. The van der Waals surface area contributed by atoms with E-state index in [2.05, 4.69) is 51.8 Å². The number of carbonyl (C=O) groups is 1. The Morgan fingerprint density at radius 2 is 1.93 bits per heavy atom. The molecule has 0 saturated carbocycles. The first kappa shape index (κ1) is 18.6. The molecule has 1 aliphatic heterocycles. The molecular formula is C21H21N5OS2. The maximum absolute atomic E-state index is 12.5. The Morgan fingerprint density at radius 3 is 2.72 bits per heavy atom. The number of thiophene rings is 1. The van der Waals surface area contributed by atoms with Gasteiger partial charge in [0.05, 0.1) is 11.1 Å². The number of nitrogens with zero attached hydrogens (tertiary/aromatic N) is 5. The zero-order valence-electron chi connectivity index (χ0n) is 16.2. The highest BCUT2D eigenvalue weighted by molar-refractivity contribution is 7.99. The molecule has 5 rings (SSSR count). The number of amides is 1. The zero-order chi connectivity index (χ0) is 19.8. The minimum absolute atomic E-state index is 0.177. The third-order valence-corrected chi connectivity index (χ3v) is 7.16. The van der Waals surface area contributed by atoms with Gasteiger partial charge in [0.2, 0.25) is 5.91 Å². The van der Waals surface area contributed by atoms with Gasteiger partial charge in [-0.1, -0.05) is 41.6 Å². The van der Waals surface area contributed by atoms with Crippen molar-refractivity contribution in [2.45, 2.75) is 31.3 Å². The van der Waals surface area contributed by atoms with E-state index in [4.69, 9.17) is 0 Å². The van der Waals surface area contributed by atoms with E-state index in [-0.39, 0.29) is 5.91 Å². The van der Waals surface area contributed by atoms with E-state index < -0.39 is 0 Å². The normalized spacial score (nSPS) is 14.7. The first-order chi connectivity index (χ1) is 14.2. The average Bonchev–Trinajstić information content (AvgIpc) is 3.37. The van der Waals surface area contributed by atoms with Crippen LogP contribution in [0, 0.1) is 6.92 Å². The summed E-state index contributed by atoms with van der Waals surface area (Å²) in [5.41, 5.74) is 4.29. The van der Waals surface area contributed by atoms with Gasteiger partial charge in [-0.2, -0.15) is 0 Å². The number of piperidine rings is 1. The van der Waals surface area contributed by atoms with Gasteiger partial charge >= 0.3 is 0 Å². The number of fused-ring (bicyclic) bond motifs is 3. The number of aromatic nitrogens is 4. The van der Waals surface area contributed by atoms with Crippen LogP contribution >= 0.6 is 23.1 Å². The quantitative estimate of drug-likeness (QED) is 0.455. The van der Waals surface area contributed by atoms with Crippen molar-refractivity contribution in [2.75, 3.05) is 18.8 Å². The fourth-order valence-electron chi connectivity index (χ4n) is 3.73. The van der Waals surface area contributed by atoms with Gasteiger partial charge in [0.15, 0.2) is 10.8 Å². The standard InChI is InChI=1S/C21H21N5OS2/c1-14-5-7-15(8-6-14)16-11-28-20-18(16)19-23-24-21(26(19)13-22-20)29-12-17(27)25-9-3-2-4-10-25/h5-8,11,13H,2-4,9-10,12H2,1H3. The van der Waals surface area contributed by atoms with Gasteiger partial charge in [-0.3, -0.25) is 9.20 Å².